The molecule has 19 heavy (non-hydrogen) atoms. The predicted molar refractivity (Wildman–Crippen MR) is 82.0 cm³/mol. The highest BCUT2D eigenvalue weighted by Crippen LogP contribution is 2.20. The number of hydrogen-bond acceptors (Lipinski definition) is 3. The van der Waals surface area contributed by atoms with E-state index in [2.05, 4.69) is 29.4 Å². The summed E-state index contributed by atoms with van der Waals surface area (Å²) in [6.07, 6.45) is 4.98. The first-order valence-electron chi connectivity index (χ1n) is 6.72. The second kappa shape index (κ2) is 6.43. The normalized spacial score (nSPS) is 24.6. The van der Waals surface area contributed by atoms with Gasteiger partial charge in [-0.05, 0) is 25.5 Å². The first-order chi connectivity index (χ1) is 9.24. The van der Waals surface area contributed by atoms with Gasteiger partial charge in [0.25, 0.3) is 0 Å². The van der Waals surface area contributed by atoms with Gasteiger partial charge in [0, 0.05) is 19.5 Å². The SMILES string of the molecule is C/C=C\C(=N/C)C1=NC(c2ccccc2)NC(C)C1. The monoisotopic (exact) mass is 255 g/mol. The van der Waals surface area contributed by atoms with Crippen LogP contribution < -0.4 is 5.32 Å². The fraction of sp³-hybridized carbons (Fsp3) is 0.375. The summed E-state index contributed by atoms with van der Waals surface area (Å²) >= 11 is 0. The second-order valence-electron chi connectivity index (χ2n) is 4.77. The van der Waals surface area contributed by atoms with E-state index in [0.717, 1.165) is 17.8 Å². The van der Waals surface area contributed by atoms with E-state index in [1.165, 1.54) is 5.56 Å². The minimum Gasteiger partial charge on any atom is -0.289 e. The van der Waals surface area contributed by atoms with Crippen molar-refractivity contribution in [2.75, 3.05) is 7.05 Å². The van der Waals surface area contributed by atoms with Gasteiger partial charge in [0.1, 0.15) is 6.17 Å². The molecule has 3 heteroatoms. The summed E-state index contributed by atoms with van der Waals surface area (Å²) in [5, 5.41) is 3.52. The van der Waals surface area contributed by atoms with Gasteiger partial charge in [0.2, 0.25) is 0 Å². The fourth-order valence-corrected chi connectivity index (χ4v) is 2.30. The molecule has 0 aromatic heterocycles. The molecule has 0 aliphatic carbocycles. The van der Waals surface area contributed by atoms with Crippen molar-refractivity contribution in [1.29, 1.82) is 0 Å². The molecule has 0 spiro atoms. The van der Waals surface area contributed by atoms with Crippen molar-refractivity contribution in [1.82, 2.24) is 5.32 Å². The molecule has 0 radical (unpaired) electrons. The van der Waals surface area contributed by atoms with Gasteiger partial charge in [0.15, 0.2) is 0 Å². The Kier molecular flexibility index (Phi) is 4.63. The number of benzene rings is 1. The van der Waals surface area contributed by atoms with Crippen LogP contribution >= 0.6 is 0 Å². The lowest BCUT2D eigenvalue weighted by Gasteiger charge is -2.27. The van der Waals surface area contributed by atoms with E-state index in [1.54, 1.807) is 0 Å². The van der Waals surface area contributed by atoms with Gasteiger partial charge >= 0.3 is 0 Å². The lowest BCUT2D eigenvalue weighted by molar-refractivity contribution is 0.455. The zero-order valence-electron chi connectivity index (χ0n) is 11.8. The first-order valence-corrected chi connectivity index (χ1v) is 6.72. The quantitative estimate of drug-likeness (QED) is 0.828. The third kappa shape index (κ3) is 3.38. The number of nitrogens with one attached hydrogen (secondary N) is 1. The van der Waals surface area contributed by atoms with Crippen LogP contribution in [-0.4, -0.2) is 24.5 Å². The van der Waals surface area contributed by atoms with Crippen LogP contribution in [0.3, 0.4) is 0 Å². The molecule has 0 saturated carbocycles. The molecule has 2 rings (SSSR count). The highest BCUT2D eigenvalue weighted by molar-refractivity contribution is 6.46. The molecular formula is C16H21N3. The molecule has 2 unspecified atom stereocenters. The van der Waals surface area contributed by atoms with Gasteiger partial charge in [-0.15, -0.1) is 0 Å². The fourth-order valence-electron chi connectivity index (χ4n) is 2.30. The summed E-state index contributed by atoms with van der Waals surface area (Å²) in [5.74, 6) is 0. The van der Waals surface area contributed by atoms with Crippen LogP contribution in [0, 0.1) is 0 Å². The average Bonchev–Trinajstić information content (AvgIpc) is 2.45. The van der Waals surface area contributed by atoms with Crippen molar-refractivity contribution in [2.45, 2.75) is 32.5 Å². The highest BCUT2D eigenvalue weighted by atomic mass is 15.1. The standard InChI is InChI=1S/C16H21N3/c1-4-8-14(17-3)15-11-12(2)18-16(19-15)13-9-6-5-7-10-13/h4-10,12,16,18H,11H2,1-3H3/b8-4-,17-14+. The Morgan fingerprint density at radius 2 is 2.11 bits per heavy atom. The van der Waals surface area contributed by atoms with Crippen molar-refractivity contribution >= 4 is 11.4 Å². The lowest BCUT2D eigenvalue weighted by Crippen LogP contribution is -2.38. The number of aliphatic imine (C=N–C) groups is 2. The maximum absolute atomic E-state index is 4.82. The van der Waals surface area contributed by atoms with Gasteiger partial charge in [-0.2, -0.15) is 0 Å². The van der Waals surface area contributed by atoms with Gasteiger partial charge in [-0.25, -0.2) is 0 Å². The first kappa shape index (κ1) is 13.7. The number of rotatable bonds is 3. The predicted octanol–water partition coefficient (Wildman–Crippen LogP) is 3.15. The smallest absolute Gasteiger partial charge is 0.126 e. The Morgan fingerprint density at radius 1 is 1.37 bits per heavy atom. The largest absolute Gasteiger partial charge is 0.289 e. The van der Waals surface area contributed by atoms with E-state index in [0.29, 0.717) is 6.04 Å². The molecule has 1 N–H and O–H groups in total. The van der Waals surface area contributed by atoms with Crippen molar-refractivity contribution in [3.8, 4) is 0 Å². The van der Waals surface area contributed by atoms with Crippen LogP contribution in [0.2, 0.25) is 0 Å². The van der Waals surface area contributed by atoms with Crippen LogP contribution in [0.25, 0.3) is 0 Å². The zero-order chi connectivity index (χ0) is 13.7. The molecule has 1 heterocycles. The zero-order valence-corrected chi connectivity index (χ0v) is 11.8. The molecule has 1 aliphatic heterocycles. The second-order valence-corrected chi connectivity index (χ2v) is 4.77. The van der Waals surface area contributed by atoms with Crippen LogP contribution in [-0.2, 0) is 0 Å². The molecule has 1 aromatic rings. The Balaban J connectivity index is 2.31. The summed E-state index contributed by atoms with van der Waals surface area (Å²) in [4.78, 5) is 9.15. The molecule has 0 amide bonds. The molecular weight excluding hydrogens is 234 g/mol. The minimum absolute atomic E-state index is 0.0296. The third-order valence-corrected chi connectivity index (χ3v) is 3.20. The number of allylic oxidation sites excluding steroid dienone is 2. The number of nitrogens with zero attached hydrogens (tertiary/aromatic N) is 2. The molecule has 3 nitrogen and oxygen atoms in total. The van der Waals surface area contributed by atoms with E-state index in [4.69, 9.17) is 4.99 Å². The molecule has 2 atom stereocenters. The highest BCUT2D eigenvalue weighted by Gasteiger charge is 2.22. The van der Waals surface area contributed by atoms with Gasteiger partial charge < -0.3 is 0 Å². The Hall–Kier alpha value is -1.74. The molecule has 0 saturated heterocycles. The summed E-state index contributed by atoms with van der Waals surface area (Å²) in [6.45, 7) is 4.19. The molecule has 0 fully saturated rings. The Labute approximate surface area is 115 Å². The topological polar surface area (TPSA) is 36.8 Å². The number of hydrogen-bond donors (Lipinski definition) is 1. The summed E-state index contributed by atoms with van der Waals surface area (Å²) < 4.78 is 0. The summed E-state index contributed by atoms with van der Waals surface area (Å²) in [7, 11) is 1.82. The Morgan fingerprint density at radius 3 is 2.74 bits per heavy atom. The third-order valence-electron chi connectivity index (χ3n) is 3.20. The van der Waals surface area contributed by atoms with Crippen LogP contribution in [0.5, 0.6) is 0 Å². The van der Waals surface area contributed by atoms with Gasteiger partial charge in [-0.1, -0.05) is 36.4 Å². The minimum atomic E-state index is 0.0296. The van der Waals surface area contributed by atoms with Gasteiger partial charge in [0.05, 0.1) is 11.4 Å². The van der Waals surface area contributed by atoms with Crippen LogP contribution in [0.4, 0.5) is 0 Å². The van der Waals surface area contributed by atoms with Crippen molar-refractivity contribution in [3.63, 3.8) is 0 Å². The van der Waals surface area contributed by atoms with Crippen LogP contribution in [0.1, 0.15) is 32.0 Å². The van der Waals surface area contributed by atoms with E-state index >= 15 is 0 Å². The maximum Gasteiger partial charge on any atom is 0.126 e. The van der Waals surface area contributed by atoms with Crippen molar-refractivity contribution in [2.24, 2.45) is 9.98 Å². The molecule has 1 aliphatic rings. The van der Waals surface area contributed by atoms with Crippen LogP contribution in [0.15, 0.2) is 52.5 Å². The van der Waals surface area contributed by atoms with Gasteiger partial charge in [-0.3, -0.25) is 15.3 Å². The average molecular weight is 255 g/mol. The van der Waals surface area contributed by atoms with Crippen molar-refractivity contribution < 1.29 is 0 Å². The van der Waals surface area contributed by atoms with E-state index < -0.39 is 0 Å². The van der Waals surface area contributed by atoms with Crippen molar-refractivity contribution in [3.05, 3.63) is 48.0 Å². The maximum atomic E-state index is 4.82. The molecule has 1 aromatic carbocycles. The molecule has 0 bridgehead atoms. The summed E-state index contributed by atoms with van der Waals surface area (Å²) in [5.41, 5.74) is 3.26. The summed E-state index contributed by atoms with van der Waals surface area (Å²) in [6, 6.07) is 10.7. The molecule has 100 valence electrons. The van der Waals surface area contributed by atoms with E-state index in [9.17, 15) is 0 Å². The van der Waals surface area contributed by atoms with E-state index in [1.807, 2.05) is 44.3 Å². The Bertz CT molecular complexity index is 500. The van der Waals surface area contributed by atoms with E-state index in [-0.39, 0.29) is 6.17 Å². The lowest BCUT2D eigenvalue weighted by atomic mass is 10.0.